The molecule has 0 radical (unpaired) electrons. The van der Waals surface area contributed by atoms with Gasteiger partial charge in [0.15, 0.2) is 0 Å². The minimum atomic E-state index is -0.440. The summed E-state index contributed by atoms with van der Waals surface area (Å²) in [5, 5.41) is 4.81. The molecule has 0 bridgehead atoms. The lowest BCUT2D eigenvalue weighted by Gasteiger charge is -2.09. The van der Waals surface area contributed by atoms with E-state index < -0.39 is 5.97 Å². The van der Waals surface area contributed by atoms with Crippen LogP contribution in [0.5, 0.6) is 5.75 Å². The summed E-state index contributed by atoms with van der Waals surface area (Å²) in [6.07, 6.45) is 0. The van der Waals surface area contributed by atoms with E-state index in [1.54, 1.807) is 18.2 Å². The van der Waals surface area contributed by atoms with Gasteiger partial charge < -0.3 is 9.47 Å². The molecular weight excluding hydrogens is 292 g/mol. The fourth-order valence-electron chi connectivity index (χ4n) is 2.04. The Balaban J connectivity index is 1.97. The number of aromatic nitrogens is 2. The topological polar surface area (TPSA) is 53.4 Å². The first-order chi connectivity index (χ1) is 10.0. The number of methoxy groups -OCH3 is 1. The van der Waals surface area contributed by atoms with Crippen molar-refractivity contribution in [2.45, 2.75) is 20.4 Å². The van der Waals surface area contributed by atoms with Crippen LogP contribution in [0.15, 0.2) is 24.3 Å². The van der Waals surface area contributed by atoms with Crippen LogP contribution in [0, 0.1) is 13.8 Å². The molecule has 0 fully saturated rings. The highest BCUT2D eigenvalue weighted by Gasteiger charge is 2.14. The molecular formula is C15H17ClN2O3. The smallest absolute Gasteiger partial charge is 0.341 e. The molecule has 1 aromatic heterocycles. The number of carbonyl (C=O) groups excluding carboxylic acids is 1. The summed E-state index contributed by atoms with van der Waals surface area (Å²) in [5.41, 5.74) is 2.33. The minimum absolute atomic E-state index is 0.243. The van der Waals surface area contributed by atoms with Crippen molar-refractivity contribution in [3.63, 3.8) is 0 Å². The van der Waals surface area contributed by atoms with Gasteiger partial charge in [0, 0.05) is 10.7 Å². The van der Waals surface area contributed by atoms with Crippen molar-refractivity contribution in [3.8, 4) is 5.75 Å². The van der Waals surface area contributed by atoms with Crippen LogP contribution in [0.25, 0.3) is 0 Å². The number of hydrogen-bond acceptors (Lipinski definition) is 4. The molecule has 1 heterocycles. The SMILES string of the molecule is COc1cc(Cl)ccc1C(=O)OCCn1nc(C)cc1C. The van der Waals surface area contributed by atoms with E-state index in [1.807, 2.05) is 24.6 Å². The number of esters is 1. The van der Waals surface area contributed by atoms with Crippen molar-refractivity contribution in [1.82, 2.24) is 9.78 Å². The zero-order valence-corrected chi connectivity index (χ0v) is 13.0. The van der Waals surface area contributed by atoms with E-state index >= 15 is 0 Å². The van der Waals surface area contributed by atoms with Crippen molar-refractivity contribution < 1.29 is 14.3 Å². The molecule has 2 aromatic rings. The molecule has 1 aromatic carbocycles. The van der Waals surface area contributed by atoms with Gasteiger partial charge in [-0.2, -0.15) is 5.10 Å². The Bertz CT molecular complexity index is 652. The Kier molecular flexibility index (Phi) is 4.85. The quantitative estimate of drug-likeness (QED) is 0.797. The van der Waals surface area contributed by atoms with E-state index in [9.17, 15) is 4.79 Å². The van der Waals surface area contributed by atoms with E-state index in [1.165, 1.54) is 7.11 Å². The first-order valence-corrected chi connectivity index (χ1v) is 6.91. The van der Waals surface area contributed by atoms with Gasteiger partial charge in [-0.15, -0.1) is 0 Å². The second kappa shape index (κ2) is 6.63. The van der Waals surface area contributed by atoms with Crippen molar-refractivity contribution in [3.05, 3.63) is 46.2 Å². The average molecular weight is 309 g/mol. The van der Waals surface area contributed by atoms with Gasteiger partial charge in [-0.3, -0.25) is 4.68 Å². The molecule has 6 heteroatoms. The molecule has 5 nitrogen and oxygen atoms in total. The van der Waals surface area contributed by atoms with Gasteiger partial charge in [0.25, 0.3) is 0 Å². The Labute approximate surface area is 128 Å². The van der Waals surface area contributed by atoms with Crippen LogP contribution >= 0.6 is 11.6 Å². The van der Waals surface area contributed by atoms with Gasteiger partial charge in [0.2, 0.25) is 0 Å². The normalized spacial score (nSPS) is 10.5. The fraction of sp³-hybridized carbons (Fsp3) is 0.333. The minimum Gasteiger partial charge on any atom is -0.496 e. The third kappa shape index (κ3) is 3.76. The number of hydrogen-bond donors (Lipinski definition) is 0. The first kappa shape index (κ1) is 15.4. The maximum absolute atomic E-state index is 12.0. The standard InChI is InChI=1S/C15H17ClN2O3/c1-10-8-11(2)18(17-10)6-7-21-15(19)13-5-4-12(16)9-14(13)20-3/h4-5,8-9H,6-7H2,1-3H3. The zero-order chi connectivity index (χ0) is 15.4. The molecule has 0 aliphatic carbocycles. The maximum Gasteiger partial charge on any atom is 0.341 e. The van der Waals surface area contributed by atoms with Crippen LogP contribution in [0.4, 0.5) is 0 Å². The summed E-state index contributed by atoms with van der Waals surface area (Å²) in [6.45, 7) is 4.64. The molecule has 0 aliphatic heterocycles. The summed E-state index contributed by atoms with van der Waals surface area (Å²) in [5.74, 6) is -0.0383. The molecule has 0 unspecified atom stereocenters. The molecule has 0 saturated carbocycles. The molecule has 0 saturated heterocycles. The van der Waals surface area contributed by atoms with Crippen molar-refractivity contribution >= 4 is 17.6 Å². The lowest BCUT2D eigenvalue weighted by molar-refractivity contribution is 0.0483. The molecule has 0 amide bonds. The molecule has 0 N–H and O–H groups in total. The van der Waals surface area contributed by atoms with Crippen LogP contribution in [0.3, 0.4) is 0 Å². The predicted octanol–water partition coefficient (Wildman–Crippen LogP) is 3.02. The molecule has 0 aliphatic rings. The van der Waals surface area contributed by atoms with Gasteiger partial charge in [-0.1, -0.05) is 11.6 Å². The predicted molar refractivity (Wildman–Crippen MR) is 80.0 cm³/mol. The van der Waals surface area contributed by atoms with Crippen molar-refractivity contribution in [2.24, 2.45) is 0 Å². The molecule has 0 atom stereocenters. The monoisotopic (exact) mass is 308 g/mol. The number of aryl methyl sites for hydroxylation is 2. The Morgan fingerprint density at radius 1 is 1.33 bits per heavy atom. The van der Waals surface area contributed by atoms with Crippen LogP contribution in [-0.2, 0) is 11.3 Å². The lowest BCUT2D eigenvalue weighted by Crippen LogP contribution is -2.14. The highest BCUT2D eigenvalue weighted by molar-refractivity contribution is 6.30. The van der Waals surface area contributed by atoms with Crippen molar-refractivity contribution in [2.75, 3.05) is 13.7 Å². The number of rotatable bonds is 5. The van der Waals surface area contributed by atoms with E-state index in [0.717, 1.165) is 11.4 Å². The van der Waals surface area contributed by atoms with Crippen molar-refractivity contribution in [1.29, 1.82) is 0 Å². The fourth-order valence-corrected chi connectivity index (χ4v) is 2.20. The Morgan fingerprint density at radius 3 is 2.71 bits per heavy atom. The number of ether oxygens (including phenoxy) is 2. The third-order valence-electron chi connectivity index (χ3n) is 3.02. The second-order valence-electron chi connectivity index (χ2n) is 4.63. The van der Waals surface area contributed by atoms with Crippen LogP contribution in [-0.4, -0.2) is 29.5 Å². The van der Waals surface area contributed by atoms with Crippen LogP contribution < -0.4 is 4.74 Å². The van der Waals surface area contributed by atoms with E-state index in [-0.39, 0.29) is 6.61 Å². The largest absolute Gasteiger partial charge is 0.496 e. The summed E-state index contributed by atoms with van der Waals surface area (Å²) < 4.78 is 12.2. The van der Waals surface area contributed by atoms with E-state index in [0.29, 0.717) is 22.9 Å². The third-order valence-corrected chi connectivity index (χ3v) is 3.26. The highest BCUT2D eigenvalue weighted by Crippen LogP contribution is 2.23. The van der Waals surface area contributed by atoms with Gasteiger partial charge in [-0.05, 0) is 38.1 Å². The number of benzene rings is 1. The summed E-state index contributed by atoms with van der Waals surface area (Å²) in [4.78, 5) is 12.0. The lowest BCUT2D eigenvalue weighted by atomic mass is 10.2. The Morgan fingerprint density at radius 2 is 2.10 bits per heavy atom. The summed E-state index contributed by atoms with van der Waals surface area (Å²) in [6, 6.07) is 6.78. The molecule has 0 spiro atoms. The van der Waals surface area contributed by atoms with E-state index in [2.05, 4.69) is 5.10 Å². The van der Waals surface area contributed by atoms with E-state index in [4.69, 9.17) is 21.1 Å². The second-order valence-corrected chi connectivity index (χ2v) is 5.07. The number of halogens is 1. The Hall–Kier alpha value is -2.01. The average Bonchev–Trinajstić information content (AvgIpc) is 2.76. The summed E-state index contributed by atoms with van der Waals surface area (Å²) in [7, 11) is 1.48. The maximum atomic E-state index is 12.0. The van der Waals surface area contributed by atoms with Crippen LogP contribution in [0.2, 0.25) is 5.02 Å². The van der Waals surface area contributed by atoms with Gasteiger partial charge >= 0.3 is 5.97 Å². The van der Waals surface area contributed by atoms with Gasteiger partial charge in [0.05, 0.1) is 19.3 Å². The van der Waals surface area contributed by atoms with Gasteiger partial charge in [-0.25, -0.2) is 4.79 Å². The number of nitrogens with zero attached hydrogens (tertiary/aromatic N) is 2. The summed E-state index contributed by atoms with van der Waals surface area (Å²) >= 11 is 5.86. The molecule has 21 heavy (non-hydrogen) atoms. The van der Waals surface area contributed by atoms with Gasteiger partial charge in [0.1, 0.15) is 17.9 Å². The highest BCUT2D eigenvalue weighted by atomic mass is 35.5. The first-order valence-electron chi connectivity index (χ1n) is 6.53. The zero-order valence-electron chi connectivity index (χ0n) is 12.2. The van der Waals surface area contributed by atoms with Crippen LogP contribution in [0.1, 0.15) is 21.7 Å². The molecule has 2 rings (SSSR count). The number of carbonyl (C=O) groups is 1. The molecule has 112 valence electrons.